The number of hydrogen-bond donors (Lipinski definition) is 0. The van der Waals surface area contributed by atoms with Crippen LogP contribution in [0.3, 0.4) is 0 Å². The Morgan fingerprint density at radius 2 is 2.00 bits per heavy atom. The van der Waals surface area contributed by atoms with E-state index in [0.29, 0.717) is 50.3 Å². The standard InChI is InChI=1S/C17H25FN2O4S/c1-3-11-25(22,23)20-8-4-7-19(9-10-20)17(21)13-14-12-15(18)5-6-16(14)24-2/h5-6,12H,3-4,7-11,13H2,1-2H3. The van der Waals surface area contributed by atoms with Crippen molar-refractivity contribution in [2.75, 3.05) is 39.0 Å². The van der Waals surface area contributed by atoms with Crippen molar-refractivity contribution in [1.82, 2.24) is 9.21 Å². The first kappa shape index (κ1) is 19.7. The lowest BCUT2D eigenvalue weighted by Gasteiger charge is -2.22. The largest absolute Gasteiger partial charge is 0.496 e. The van der Waals surface area contributed by atoms with E-state index >= 15 is 0 Å². The molecule has 1 saturated heterocycles. The zero-order valence-corrected chi connectivity index (χ0v) is 15.5. The van der Waals surface area contributed by atoms with Crippen LogP contribution in [0.5, 0.6) is 5.75 Å². The summed E-state index contributed by atoms with van der Waals surface area (Å²) in [6.45, 7) is 3.40. The lowest BCUT2D eigenvalue weighted by atomic mass is 10.1. The molecule has 0 aromatic heterocycles. The molecule has 0 saturated carbocycles. The summed E-state index contributed by atoms with van der Waals surface area (Å²) in [5.41, 5.74) is 0.493. The number of rotatable bonds is 6. The van der Waals surface area contributed by atoms with Crippen molar-refractivity contribution in [3.63, 3.8) is 0 Å². The number of nitrogens with zero attached hydrogens (tertiary/aromatic N) is 2. The van der Waals surface area contributed by atoms with Gasteiger partial charge in [0, 0.05) is 31.7 Å². The number of sulfonamides is 1. The Hall–Kier alpha value is -1.67. The van der Waals surface area contributed by atoms with E-state index < -0.39 is 15.8 Å². The van der Waals surface area contributed by atoms with Crippen molar-refractivity contribution in [3.8, 4) is 5.75 Å². The molecule has 1 heterocycles. The Morgan fingerprint density at radius 3 is 2.68 bits per heavy atom. The van der Waals surface area contributed by atoms with Gasteiger partial charge in [0.15, 0.2) is 0 Å². The summed E-state index contributed by atoms with van der Waals surface area (Å²) in [5, 5.41) is 0. The number of benzene rings is 1. The van der Waals surface area contributed by atoms with Crippen LogP contribution in [0, 0.1) is 5.82 Å². The fourth-order valence-corrected chi connectivity index (χ4v) is 4.51. The molecule has 1 aliphatic rings. The summed E-state index contributed by atoms with van der Waals surface area (Å²) in [4.78, 5) is 14.2. The predicted molar refractivity (Wildman–Crippen MR) is 93.5 cm³/mol. The van der Waals surface area contributed by atoms with E-state index in [4.69, 9.17) is 4.74 Å². The summed E-state index contributed by atoms with van der Waals surface area (Å²) in [6.07, 6.45) is 1.19. The van der Waals surface area contributed by atoms with Crippen molar-refractivity contribution in [2.24, 2.45) is 0 Å². The second-order valence-electron chi connectivity index (χ2n) is 6.08. The molecular weight excluding hydrogens is 347 g/mol. The van der Waals surface area contributed by atoms with Crippen LogP contribution < -0.4 is 4.74 Å². The minimum atomic E-state index is -3.26. The van der Waals surface area contributed by atoms with Gasteiger partial charge < -0.3 is 9.64 Å². The molecule has 140 valence electrons. The number of carbonyl (C=O) groups is 1. The lowest BCUT2D eigenvalue weighted by molar-refractivity contribution is -0.130. The van der Waals surface area contributed by atoms with Crippen LogP contribution in [0.1, 0.15) is 25.3 Å². The average molecular weight is 372 g/mol. The highest BCUT2D eigenvalue weighted by Gasteiger charge is 2.26. The molecule has 1 fully saturated rings. The third-order valence-electron chi connectivity index (χ3n) is 4.25. The van der Waals surface area contributed by atoms with Crippen molar-refractivity contribution in [1.29, 1.82) is 0 Å². The van der Waals surface area contributed by atoms with Gasteiger partial charge in [-0.2, -0.15) is 0 Å². The Bertz CT molecular complexity index is 709. The van der Waals surface area contributed by atoms with E-state index in [0.717, 1.165) is 0 Å². The highest BCUT2D eigenvalue weighted by atomic mass is 32.2. The van der Waals surface area contributed by atoms with Gasteiger partial charge in [0.1, 0.15) is 11.6 Å². The Kier molecular flexibility index (Phi) is 6.78. The van der Waals surface area contributed by atoms with Gasteiger partial charge in [-0.1, -0.05) is 6.92 Å². The second kappa shape index (κ2) is 8.62. The Labute approximate surface area is 148 Å². The first-order valence-corrected chi connectivity index (χ1v) is 10.1. The molecule has 1 aromatic rings. The summed E-state index contributed by atoms with van der Waals surface area (Å²) in [6, 6.07) is 4.08. The van der Waals surface area contributed by atoms with Gasteiger partial charge in [-0.05, 0) is 31.0 Å². The molecule has 1 amide bonds. The topological polar surface area (TPSA) is 66.9 Å². The Morgan fingerprint density at radius 1 is 1.24 bits per heavy atom. The molecule has 0 atom stereocenters. The zero-order valence-electron chi connectivity index (χ0n) is 14.7. The van der Waals surface area contributed by atoms with E-state index in [1.54, 1.807) is 4.90 Å². The van der Waals surface area contributed by atoms with E-state index in [2.05, 4.69) is 0 Å². The van der Waals surface area contributed by atoms with Crippen LogP contribution in [0.15, 0.2) is 18.2 Å². The van der Waals surface area contributed by atoms with Crippen molar-refractivity contribution in [3.05, 3.63) is 29.6 Å². The number of ether oxygens (including phenoxy) is 1. The molecule has 8 heteroatoms. The highest BCUT2D eigenvalue weighted by molar-refractivity contribution is 7.89. The third-order valence-corrected chi connectivity index (χ3v) is 6.32. The molecule has 0 N–H and O–H groups in total. The maximum Gasteiger partial charge on any atom is 0.227 e. The summed E-state index contributed by atoms with van der Waals surface area (Å²) in [5.74, 6) is 0.0215. The predicted octanol–water partition coefficient (Wildman–Crippen LogP) is 1.65. The second-order valence-corrected chi connectivity index (χ2v) is 8.17. The van der Waals surface area contributed by atoms with Gasteiger partial charge in [-0.15, -0.1) is 0 Å². The molecule has 0 bridgehead atoms. The first-order valence-electron chi connectivity index (χ1n) is 8.45. The zero-order chi connectivity index (χ0) is 18.4. The molecule has 2 rings (SSSR count). The molecular formula is C17H25FN2O4S. The van der Waals surface area contributed by atoms with Crippen LogP contribution in [0.4, 0.5) is 4.39 Å². The van der Waals surface area contributed by atoms with E-state index in [1.165, 1.54) is 29.6 Å². The van der Waals surface area contributed by atoms with Crippen LogP contribution in [0.25, 0.3) is 0 Å². The molecule has 1 aromatic carbocycles. The third kappa shape index (κ3) is 5.15. The molecule has 6 nitrogen and oxygen atoms in total. The van der Waals surface area contributed by atoms with E-state index in [-0.39, 0.29) is 18.1 Å². The van der Waals surface area contributed by atoms with E-state index in [9.17, 15) is 17.6 Å². The smallest absolute Gasteiger partial charge is 0.227 e. The monoisotopic (exact) mass is 372 g/mol. The molecule has 25 heavy (non-hydrogen) atoms. The minimum absolute atomic E-state index is 0.0304. The minimum Gasteiger partial charge on any atom is -0.496 e. The van der Waals surface area contributed by atoms with Crippen LogP contribution in [-0.2, 0) is 21.2 Å². The normalized spacial score (nSPS) is 16.5. The van der Waals surface area contributed by atoms with Crippen molar-refractivity contribution < 1.29 is 22.3 Å². The van der Waals surface area contributed by atoms with Gasteiger partial charge in [-0.25, -0.2) is 17.1 Å². The average Bonchev–Trinajstić information content (AvgIpc) is 2.81. The SMILES string of the molecule is CCCS(=O)(=O)N1CCCN(C(=O)Cc2cc(F)ccc2OC)CC1. The van der Waals surface area contributed by atoms with Crippen LogP contribution in [0.2, 0.25) is 0 Å². The van der Waals surface area contributed by atoms with Crippen LogP contribution in [-0.4, -0.2) is 62.6 Å². The highest BCUT2D eigenvalue weighted by Crippen LogP contribution is 2.21. The lowest BCUT2D eigenvalue weighted by Crippen LogP contribution is -2.38. The number of methoxy groups -OCH3 is 1. The fraction of sp³-hybridized carbons (Fsp3) is 0.588. The number of halogens is 1. The van der Waals surface area contributed by atoms with E-state index in [1.807, 2.05) is 6.92 Å². The van der Waals surface area contributed by atoms with Gasteiger partial charge in [0.05, 0.1) is 19.3 Å². The van der Waals surface area contributed by atoms with Gasteiger partial charge >= 0.3 is 0 Å². The summed E-state index contributed by atoms with van der Waals surface area (Å²) >= 11 is 0. The van der Waals surface area contributed by atoms with Crippen molar-refractivity contribution >= 4 is 15.9 Å². The molecule has 0 radical (unpaired) electrons. The quantitative estimate of drug-likeness (QED) is 0.762. The molecule has 1 aliphatic heterocycles. The van der Waals surface area contributed by atoms with Gasteiger partial charge in [0.25, 0.3) is 0 Å². The first-order chi connectivity index (χ1) is 11.9. The number of amides is 1. The van der Waals surface area contributed by atoms with Crippen LogP contribution >= 0.6 is 0 Å². The van der Waals surface area contributed by atoms with Gasteiger partial charge in [-0.3, -0.25) is 4.79 Å². The summed E-state index contributed by atoms with van der Waals surface area (Å²) < 4.78 is 44.5. The molecule has 0 spiro atoms. The molecule has 0 aliphatic carbocycles. The molecule has 0 unspecified atom stereocenters. The maximum absolute atomic E-state index is 13.4. The fourth-order valence-electron chi connectivity index (χ4n) is 2.97. The number of carbonyl (C=O) groups excluding carboxylic acids is 1. The van der Waals surface area contributed by atoms with Crippen molar-refractivity contribution in [2.45, 2.75) is 26.2 Å². The number of hydrogen-bond acceptors (Lipinski definition) is 4. The Balaban J connectivity index is 2.03. The van der Waals surface area contributed by atoms with Gasteiger partial charge in [0.2, 0.25) is 15.9 Å². The summed E-state index contributed by atoms with van der Waals surface area (Å²) in [7, 11) is -1.78. The maximum atomic E-state index is 13.4.